The Morgan fingerprint density at radius 1 is 1.00 bits per heavy atom. The Morgan fingerprint density at radius 3 is 2.16 bits per heavy atom. The summed E-state index contributed by atoms with van der Waals surface area (Å²) < 4.78 is 14.4. The number of hydrogen-bond donors (Lipinski definition) is 1. The van der Waals surface area contributed by atoms with Crippen LogP contribution in [-0.4, -0.2) is 53.9 Å². The minimum Gasteiger partial charge on any atom is -0.465 e. The van der Waals surface area contributed by atoms with Crippen LogP contribution in [0.3, 0.4) is 0 Å². The van der Waals surface area contributed by atoms with Gasteiger partial charge in [-0.1, -0.05) is 0 Å². The molecule has 0 atom stereocenters. The van der Waals surface area contributed by atoms with Gasteiger partial charge < -0.3 is 19.2 Å². The van der Waals surface area contributed by atoms with Gasteiger partial charge in [0.1, 0.15) is 0 Å². The van der Waals surface area contributed by atoms with Crippen LogP contribution >= 0.6 is 0 Å². The molecule has 0 bridgehead atoms. The van der Waals surface area contributed by atoms with Crippen molar-refractivity contribution in [1.82, 2.24) is 4.98 Å². The Kier molecular flexibility index (Phi) is 7.24. The van der Waals surface area contributed by atoms with Crippen LogP contribution in [0.2, 0.25) is 0 Å². The van der Waals surface area contributed by atoms with Gasteiger partial charge in [0.25, 0.3) is 5.69 Å². The summed E-state index contributed by atoms with van der Waals surface area (Å²) in [6.45, 7) is 4.27. The highest BCUT2D eigenvalue weighted by atomic mass is 16.6. The summed E-state index contributed by atoms with van der Waals surface area (Å²) in [6.07, 6.45) is 0. The van der Waals surface area contributed by atoms with Crippen molar-refractivity contribution in [2.45, 2.75) is 20.8 Å². The van der Waals surface area contributed by atoms with Crippen molar-refractivity contribution in [1.29, 1.82) is 0 Å². The number of nitrogens with one attached hydrogen (secondary N) is 1. The predicted molar refractivity (Wildman–Crippen MR) is 105 cm³/mol. The molecule has 31 heavy (non-hydrogen) atoms. The zero-order valence-electron chi connectivity index (χ0n) is 17.3. The lowest BCUT2D eigenvalue weighted by Crippen LogP contribution is -2.16. The van der Waals surface area contributed by atoms with E-state index >= 15 is 0 Å². The van der Waals surface area contributed by atoms with Crippen LogP contribution < -0.4 is 0 Å². The summed E-state index contributed by atoms with van der Waals surface area (Å²) >= 11 is 0. The number of rotatable bonds is 8. The summed E-state index contributed by atoms with van der Waals surface area (Å²) in [5.74, 6) is -3.13. The van der Waals surface area contributed by atoms with Gasteiger partial charge in [-0.05, 0) is 32.4 Å². The first-order valence-electron chi connectivity index (χ1n) is 9.05. The molecule has 2 aromatic rings. The quantitative estimate of drug-likeness (QED) is 0.218. The Hall–Kier alpha value is -4.02. The number of nitro benzene ring substituents is 1. The number of nitrogens with zero attached hydrogens (tertiary/aromatic N) is 1. The number of hydrogen-bond acceptors (Lipinski definition) is 9. The molecule has 0 spiro atoms. The highest BCUT2D eigenvalue weighted by Gasteiger charge is 2.24. The van der Waals surface area contributed by atoms with Crippen LogP contribution in [0.25, 0.3) is 0 Å². The first-order chi connectivity index (χ1) is 14.6. The molecule has 0 aliphatic heterocycles. The van der Waals surface area contributed by atoms with Crippen molar-refractivity contribution in [2.24, 2.45) is 0 Å². The first kappa shape index (κ1) is 23.3. The van der Waals surface area contributed by atoms with Gasteiger partial charge in [-0.2, -0.15) is 0 Å². The van der Waals surface area contributed by atoms with E-state index in [2.05, 4.69) is 9.72 Å². The number of aryl methyl sites for hydroxylation is 1. The van der Waals surface area contributed by atoms with Crippen LogP contribution in [0.4, 0.5) is 5.69 Å². The largest absolute Gasteiger partial charge is 0.465 e. The van der Waals surface area contributed by atoms with E-state index in [1.807, 2.05) is 0 Å². The minimum absolute atomic E-state index is 0.0719. The summed E-state index contributed by atoms with van der Waals surface area (Å²) in [5, 5.41) is 11.1. The van der Waals surface area contributed by atoms with Crippen LogP contribution in [0.15, 0.2) is 18.2 Å². The lowest BCUT2D eigenvalue weighted by atomic mass is 10.1. The fourth-order valence-corrected chi connectivity index (χ4v) is 2.90. The molecule has 2 rings (SSSR count). The number of non-ortho nitro benzene ring substituents is 1. The van der Waals surface area contributed by atoms with Crippen molar-refractivity contribution < 1.29 is 38.3 Å². The number of carbonyl (C=O) groups is 4. The third-order valence-electron chi connectivity index (χ3n) is 4.32. The van der Waals surface area contributed by atoms with E-state index in [4.69, 9.17) is 9.47 Å². The van der Waals surface area contributed by atoms with Crippen LogP contribution in [0.1, 0.15) is 59.7 Å². The van der Waals surface area contributed by atoms with Crippen molar-refractivity contribution in [2.75, 3.05) is 20.3 Å². The van der Waals surface area contributed by atoms with Crippen molar-refractivity contribution in [3.05, 3.63) is 62.0 Å². The number of carbonyl (C=O) groups excluding carboxylic acids is 4. The second-order valence-corrected chi connectivity index (χ2v) is 6.36. The summed E-state index contributed by atoms with van der Waals surface area (Å²) in [5.41, 5.74) is 0.0305. The van der Waals surface area contributed by atoms with Gasteiger partial charge >= 0.3 is 17.9 Å². The highest BCUT2D eigenvalue weighted by molar-refractivity contribution is 6.03. The van der Waals surface area contributed by atoms with E-state index in [1.165, 1.54) is 0 Å². The first-order valence-corrected chi connectivity index (χ1v) is 9.05. The van der Waals surface area contributed by atoms with E-state index in [0.717, 1.165) is 25.3 Å². The topological polar surface area (TPSA) is 155 Å². The van der Waals surface area contributed by atoms with Gasteiger partial charge in [-0.25, -0.2) is 14.4 Å². The molecule has 164 valence electrons. The molecule has 1 N–H and O–H groups in total. The number of ether oxygens (including phenoxy) is 3. The monoisotopic (exact) mass is 432 g/mol. The Balaban J connectivity index is 2.21. The lowest BCUT2D eigenvalue weighted by molar-refractivity contribution is -0.384. The van der Waals surface area contributed by atoms with Gasteiger partial charge in [-0.15, -0.1) is 0 Å². The third kappa shape index (κ3) is 5.13. The van der Waals surface area contributed by atoms with Gasteiger partial charge in [0.05, 0.1) is 41.0 Å². The Bertz CT molecular complexity index is 1070. The second kappa shape index (κ2) is 9.65. The standard InChI is InChI=1S/C20H20N2O9/c1-5-30-20(26)16-10(2)17(21-11(16)3)15(23)9-31-19(25)13-6-12(18(24)29-4)7-14(8-13)22(27)28/h6-8,21H,5,9H2,1-4H3. The summed E-state index contributed by atoms with van der Waals surface area (Å²) in [7, 11) is 1.09. The zero-order valence-corrected chi connectivity index (χ0v) is 17.3. The second-order valence-electron chi connectivity index (χ2n) is 6.36. The van der Waals surface area contributed by atoms with Gasteiger partial charge in [-0.3, -0.25) is 14.9 Å². The number of aromatic amines is 1. The van der Waals surface area contributed by atoms with Gasteiger partial charge in [0.2, 0.25) is 5.78 Å². The fraction of sp³-hybridized carbons (Fsp3) is 0.300. The number of methoxy groups -OCH3 is 1. The summed E-state index contributed by atoms with van der Waals surface area (Å²) in [4.78, 5) is 61.6. The molecular formula is C20H20N2O9. The van der Waals surface area contributed by atoms with E-state index in [-0.39, 0.29) is 29.0 Å². The maximum Gasteiger partial charge on any atom is 0.340 e. The van der Waals surface area contributed by atoms with Crippen LogP contribution in [-0.2, 0) is 14.2 Å². The number of Topliss-reactive ketones (excluding diaryl/α,β-unsaturated/α-hetero) is 1. The number of esters is 3. The molecule has 0 radical (unpaired) electrons. The maximum absolute atomic E-state index is 12.5. The normalized spacial score (nSPS) is 10.3. The molecule has 11 nitrogen and oxygen atoms in total. The van der Waals surface area contributed by atoms with Crippen LogP contribution in [0.5, 0.6) is 0 Å². The minimum atomic E-state index is -1.05. The number of nitro groups is 1. The van der Waals surface area contributed by atoms with Crippen molar-refractivity contribution in [3.63, 3.8) is 0 Å². The highest BCUT2D eigenvalue weighted by Crippen LogP contribution is 2.21. The molecule has 0 saturated heterocycles. The molecule has 0 saturated carbocycles. The smallest absolute Gasteiger partial charge is 0.340 e. The fourth-order valence-electron chi connectivity index (χ4n) is 2.90. The summed E-state index contributed by atoms with van der Waals surface area (Å²) in [6, 6.07) is 2.94. The Labute approximate surface area is 176 Å². The zero-order chi connectivity index (χ0) is 23.3. The molecule has 0 amide bonds. The lowest BCUT2D eigenvalue weighted by Gasteiger charge is -2.06. The van der Waals surface area contributed by atoms with E-state index in [0.29, 0.717) is 11.3 Å². The predicted octanol–water partition coefficient (Wildman–Crippen LogP) is 2.54. The molecule has 1 heterocycles. The third-order valence-corrected chi connectivity index (χ3v) is 4.32. The Morgan fingerprint density at radius 2 is 1.61 bits per heavy atom. The van der Waals surface area contributed by atoms with Crippen LogP contribution in [0, 0.1) is 24.0 Å². The maximum atomic E-state index is 12.5. The van der Waals surface area contributed by atoms with Crippen molar-refractivity contribution >= 4 is 29.4 Å². The molecule has 0 aliphatic rings. The van der Waals surface area contributed by atoms with Gasteiger partial charge in [0.15, 0.2) is 6.61 Å². The molecular weight excluding hydrogens is 412 g/mol. The SMILES string of the molecule is CCOC(=O)c1c(C)[nH]c(C(=O)COC(=O)c2cc(C(=O)OC)cc([N+](=O)[O-])c2)c1C. The molecule has 0 fully saturated rings. The van der Waals surface area contributed by atoms with E-state index in [9.17, 15) is 29.3 Å². The molecule has 0 unspecified atom stereocenters. The van der Waals surface area contributed by atoms with Gasteiger partial charge in [0, 0.05) is 17.8 Å². The van der Waals surface area contributed by atoms with E-state index in [1.54, 1.807) is 20.8 Å². The molecule has 1 aromatic carbocycles. The average Bonchev–Trinajstić information content (AvgIpc) is 3.04. The molecule has 1 aromatic heterocycles. The number of ketones is 1. The number of aromatic nitrogens is 1. The van der Waals surface area contributed by atoms with Crippen molar-refractivity contribution in [3.8, 4) is 0 Å². The average molecular weight is 432 g/mol. The molecule has 0 aliphatic carbocycles. The number of H-pyrrole nitrogens is 1. The van der Waals surface area contributed by atoms with E-state index < -0.39 is 40.9 Å². The number of benzene rings is 1. The molecule has 11 heteroatoms.